The van der Waals surface area contributed by atoms with Crippen molar-refractivity contribution in [3.8, 4) is 10.4 Å². The number of benzene rings is 1. The minimum absolute atomic E-state index is 0.212. The Morgan fingerprint density at radius 3 is 2.73 bits per heavy atom. The lowest BCUT2D eigenvalue weighted by Gasteiger charge is -2.06. The average Bonchev–Trinajstić information content (AvgIpc) is 3.18. The van der Waals surface area contributed by atoms with Crippen LogP contribution in [0.25, 0.3) is 10.4 Å². The van der Waals surface area contributed by atoms with Crippen LogP contribution >= 0.6 is 22.7 Å². The van der Waals surface area contributed by atoms with Gasteiger partial charge in [-0.2, -0.15) is 11.3 Å². The average molecular weight is 329 g/mol. The fraction of sp³-hybridized carbons (Fsp3) is 0. The Balaban J connectivity index is 1.76. The summed E-state index contributed by atoms with van der Waals surface area (Å²) in [5.74, 6) is -0.212. The number of carbonyl (C=O) groups excluding carboxylic acids is 1. The second-order valence-electron chi connectivity index (χ2n) is 4.63. The Hall–Kier alpha value is -1.93. The van der Waals surface area contributed by atoms with E-state index in [1.54, 1.807) is 35.6 Å². The Morgan fingerprint density at radius 1 is 1.14 bits per heavy atom. The van der Waals surface area contributed by atoms with Crippen molar-refractivity contribution in [3.05, 3.63) is 58.1 Å². The number of anilines is 1. The van der Waals surface area contributed by atoms with Gasteiger partial charge in [-0.05, 0) is 46.6 Å². The maximum Gasteiger partial charge on any atom is 0.488 e. The van der Waals surface area contributed by atoms with Gasteiger partial charge in [0.25, 0.3) is 5.91 Å². The SMILES string of the molecule is O=C(Nc1cccc(B(O)O)c1)c1ccc(-c2ccsc2)s1. The van der Waals surface area contributed by atoms with Crippen LogP contribution in [0.4, 0.5) is 5.69 Å². The van der Waals surface area contributed by atoms with Crippen molar-refractivity contribution < 1.29 is 14.8 Å². The fourth-order valence-corrected chi connectivity index (χ4v) is 3.62. The smallest absolute Gasteiger partial charge is 0.423 e. The molecule has 2 aromatic heterocycles. The summed E-state index contributed by atoms with van der Waals surface area (Å²) in [6.07, 6.45) is 0. The first-order valence-electron chi connectivity index (χ1n) is 6.53. The molecule has 0 radical (unpaired) electrons. The second-order valence-corrected chi connectivity index (χ2v) is 6.49. The highest BCUT2D eigenvalue weighted by atomic mass is 32.1. The van der Waals surface area contributed by atoms with Crippen molar-refractivity contribution in [2.75, 3.05) is 5.32 Å². The van der Waals surface area contributed by atoms with Crippen molar-refractivity contribution >= 4 is 46.8 Å². The van der Waals surface area contributed by atoms with E-state index in [1.165, 1.54) is 17.4 Å². The largest absolute Gasteiger partial charge is 0.488 e. The zero-order valence-corrected chi connectivity index (χ0v) is 13.0. The van der Waals surface area contributed by atoms with Crippen LogP contribution < -0.4 is 10.8 Å². The van der Waals surface area contributed by atoms with E-state index in [0.717, 1.165) is 10.4 Å². The van der Waals surface area contributed by atoms with Crippen LogP contribution in [0.15, 0.2) is 53.2 Å². The summed E-state index contributed by atoms with van der Waals surface area (Å²) in [4.78, 5) is 13.9. The first-order chi connectivity index (χ1) is 10.6. The molecule has 4 nitrogen and oxygen atoms in total. The second kappa shape index (κ2) is 6.45. The lowest BCUT2D eigenvalue weighted by molar-refractivity contribution is 0.103. The summed E-state index contributed by atoms with van der Waals surface area (Å²) in [6.45, 7) is 0. The summed E-state index contributed by atoms with van der Waals surface area (Å²) in [5, 5.41) is 25.1. The van der Waals surface area contributed by atoms with Crippen LogP contribution in [0.5, 0.6) is 0 Å². The number of nitrogens with one attached hydrogen (secondary N) is 1. The molecule has 22 heavy (non-hydrogen) atoms. The fourth-order valence-electron chi connectivity index (χ4n) is 1.99. The number of hydrogen-bond donors (Lipinski definition) is 3. The highest BCUT2D eigenvalue weighted by molar-refractivity contribution is 7.18. The van der Waals surface area contributed by atoms with E-state index >= 15 is 0 Å². The van der Waals surface area contributed by atoms with Gasteiger partial charge in [-0.25, -0.2) is 0 Å². The molecular weight excluding hydrogens is 317 g/mol. The molecule has 3 aromatic rings. The lowest BCUT2D eigenvalue weighted by atomic mass is 9.80. The normalized spacial score (nSPS) is 10.5. The minimum atomic E-state index is -1.55. The number of thiophene rings is 2. The molecule has 0 unspecified atom stereocenters. The summed E-state index contributed by atoms with van der Waals surface area (Å²) < 4.78 is 0. The van der Waals surface area contributed by atoms with Gasteiger partial charge in [0.1, 0.15) is 0 Å². The highest BCUT2D eigenvalue weighted by Gasteiger charge is 2.14. The molecule has 0 saturated carbocycles. The maximum absolute atomic E-state index is 12.3. The van der Waals surface area contributed by atoms with Gasteiger partial charge in [-0.15, -0.1) is 11.3 Å². The maximum atomic E-state index is 12.3. The zero-order valence-electron chi connectivity index (χ0n) is 11.4. The molecule has 0 aliphatic heterocycles. The lowest BCUT2D eigenvalue weighted by Crippen LogP contribution is -2.30. The molecule has 2 heterocycles. The Morgan fingerprint density at radius 2 is 2.00 bits per heavy atom. The Kier molecular flexibility index (Phi) is 4.40. The zero-order chi connectivity index (χ0) is 15.5. The van der Waals surface area contributed by atoms with Gasteiger partial charge in [-0.1, -0.05) is 12.1 Å². The van der Waals surface area contributed by atoms with E-state index in [1.807, 2.05) is 22.9 Å². The molecule has 3 N–H and O–H groups in total. The number of carbonyl (C=O) groups is 1. The molecular formula is C15H12BNO3S2. The van der Waals surface area contributed by atoms with E-state index in [2.05, 4.69) is 5.32 Å². The number of amides is 1. The first-order valence-corrected chi connectivity index (χ1v) is 8.29. The van der Waals surface area contributed by atoms with Gasteiger partial charge >= 0.3 is 7.12 Å². The van der Waals surface area contributed by atoms with E-state index < -0.39 is 7.12 Å². The predicted molar refractivity (Wildman–Crippen MR) is 91.9 cm³/mol. The van der Waals surface area contributed by atoms with Crippen LogP contribution in [0.1, 0.15) is 9.67 Å². The van der Waals surface area contributed by atoms with Crippen LogP contribution in [0.2, 0.25) is 0 Å². The van der Waals surface area contributed by atoms with Gasteiger partial charge in [-0.3, -0.25) is 4.79 Å². The van der Waals surface area contributed by atoms with Gasteiger partial charge in [0.05, 0.1) is 4.88 Å². The van der Waals surface area contributed by atoms with E-state index in [0.29, 0.717) is 16.0 Å². The molecule has 0 atom stereocenters. The third-order valence-electron chi connectivity index (χ3n) is 3.08. The van der Waals surface area contributed by atoms with Crippen LogP contribution in [0, 0.1) is 0 Å². The van der Waals surface area contributed by atoms with Gasteiger partial charge in [0.2, 0.25) is 0 Å². The molecule has 110 valence electrons. The van der Waals surface area contributed by atoms with Gasteiger partial charge in [0.15, 0.2) is 0 Å². The van der Waals surface area contributed by atoms with Crippen molar-refractivity contribution in [1.29, 1.82) is 0 Å². The molecule has 3 rings (SSSR count). The molecule has 0 fully saturated rings. The molecule has 0 spiro atoms. The van der Waals surface area contributed by atoms with Crippen LogP contribution in [-0.4, -0.2) is 23.1 Å². The number of rotatable bonds is 4. The first kappa shape index (κ1) is 15.0. The van der Waals surface area contributed by atoms with Crippen LogP contribution in [-0.2, 0) is 0 Å². The van der Waals surface area contributed by atoms with E-state index in [4.69, 9.17) is 10.0 Å². The molecule has 7 heteroatoms. The van der Waals surface area contributed by atoms with Crippen molar-refractivity contribution in [1.82, 2.24) is 0 Å². The standard InChI is InChI=1S/C15H12BNO3S2/c18-15(17-12-3-1-2-11(8-12)16(19)20)14-5-4-13(22-14)10-6-7-21-9-10/h1-9,19-20H,(H,17,18). The quantitative estimate of drug-likeness (QED) is 0.644. The molecule has 1 aromatic carbocycles. The van der Waals surface area contributed by atoms with Crippen molar-refractivity contribution in [2.45, 2.75) is 0 Å². The van der Waals surface area contributed by atoms with E-state index in [9.17, 15) is 4.79 Å². The minimum Gasteiger partial charge on any atom is -0.423 e. The number of hydrogen-bond acceptors (Lipinski definition) is 5. The predicted octanol–water partition coefficient (Wildman–Crippen LogP) is 2.41. The van der Waals surface area contributed by atoms with Crippen molar-refractivity contribution in [2.24, 2.45) is 0 Å². The van der Waals surface area contributed by atoms with Gasteiger partial charge < -0.3 is 15.4 Å². The summed E-state index contributed by atoms with van der Waals surface area (Å²) in [5.41, 5.74) is 1.98. The van der Waals surface area contributed by atoms with E-state index in [-0.39, 0.29) is 5.91 Å². The Labute approximate surface area is 135 Å². The molecule has 0 bridgehead atoms. The molecule has 0 saturated heterocycles. The third kappa shape index (κ3) is 3.28. The van der Waals surface area contributed by atoms with Crippen molar-refractivity contribution in [3.63, 3.8) is 0 Å². The molecule has 0 aliphatic carbocycles. The Bertz CT molecular complexity index is 784. The molecule has 1 amide bonds. The summed E-state index contributed by atoms with van der Waals surface area (Å²) in [6, 6.07) is 12.2. The summed E-state index contributed by atoms with van der Waals surface area (Å²) >= 11 is 3.04. The summed E-state index contributed by atoms with van der Waals surface area (Å²) in [7, 11) is -1.55. The van der Waals surface area contributed by atoms with Crippen LogP contribution in [0.3, 0.4) is 0 Å². The monoisotopic (exact) mass is 329 g/mol. The van der Waals surface area contributed by atoms with Gasteiger partial charge in [0, 0.05) is 16.1 Å². The topological polar surface area (TPSA) is 69.6 Å². The highest BCUT2D eigenvalue weighted by Crippen LogP contribution is 2.30. The third-order valence-corrected chi connectivity index (χ3v) is 4.89. The molecule has 0 aliphatic rings.